The second kappa shape index (κ2) is 6.17. The summed E-state index contributed by atoms with van der Waals surface area (Å²) in [4.78, 5) is 2.79. The summed E-state index contributed by atoms with van der Waals surface area (Å²) in [5.74, 6) is -6.31. The predicted molar refractivity (Wildman–Crippen MR) is 82.3 cm³/mol. The van der Waals surface area contributed by atoms with Crippen molar-refractivity contribution in [2.24, 2.45) is 0 Å². The van der Waals surface area contributed by atoms with E-state index in [1.165, 1.54) is 0 Å². The first kappa shape index (κ1) is 19.1. The normalized spacial score (nSPS) is 20.8. The smallest absolute Gasteiger partial charge is 0.312 e. The van der Waals surface area contributed by atoms with Crippen molar-refractivity contribution in [3.05, 3.63) is 46.9 Å². The Bertz CT molecular complexity index is 1080. The van der Waals surface area contributed by atoms with E-state index in [2.05, 4.69) is 4.98 Å². The van der Waals surface area contributed by atoms with Crippen molar-refractivity contribution in [2.45, 2.75) is 23.1 Å². The summed E-state index contributed by atoms with van der Waals surface area (Å²) >= 11 is 0. The standard InChI is InChI=1S/C16H10F4N2O4S/c1-27(24,25)10-6-22-15(12-11(10)14(23)16(19,20)13(12)18)26-9-3-7(5-21)2-8(17)4-9/h2-4,6,13-14,23H,1H3/t13-,14-/m0/s1. The number of benzene rings is 1. The lowest BCUT2D eigenvalue weighted by atomic mass is 10.1. The van der Waals surface area contributed by atoms with Crippen LogP contribution in [0.1, 0.15) is 29.0 Å². The average molecular weight is 402 g/mol. The van der Waals surface area contributed by atoms with E-state index in [0.29, 0.717) is 12.5 Å². The molecule has 1 N–H and O–H groups in total. The summed E-state index contributed by atoms with van der Waals surface area (Å²) < 4.78 is 84.6. The molecule has 1 aliphatic rings. The Morgan fingerprint density at radius 2 is 1.96 bits per heavy atom. The zero-order valence-electron chi connectivity index (χ0n) is 13.5. The number of pyridine rings is 1. The summed E-state index contributed by atoms with van der Waals surface area (Å²) in [6.45, 7) is 0. The van der Waals surface area contributed by atoms with Crippen LogP contribution in [-0.4, -0.2) is 30.7 Å². The minimum atomic E-state index is -4.32. The molecule has 0 saturated heterocycles. The van der Waals surface area contributed by atoms with Crippen molar-refractivity contribution in [3.8, 4) is 17.7 Å². The number of sulfone groups is 1. The molecule has 27 heavy (non-hydrogen) atoms. The molecule has 2 atom stereocenters. The number of nitriles is 1. The van der Waals surface area contributed by atoms with Crippen LogP contribution in [0, 0.1) is 17.1 Å². The molecule has 6 nitrogen and oxygen atoms in total. The molecule has 0 unspecified atom stereocenters. The highest BCUT2D eigenvalue weighted by atomic mass is 32.2. The number of nitrogens with zero attached hydrogens (tertiary/aromatic N) is 2. The van der Waals surface area contributed by atoms with Crippen molar-refractivity contribution in [3.63, 3.8) is 0 Å². The van der Waals surface area contributed by atoms with Crippen LogP contribution >= 0.6 is 0 Å². The molecule has 3 rings (SSSR count). The fourth-order valence-electron chi connectivity index (χ4n) is 2.73. The van der Waals surface area contributed by atoms with Crippen LogP contribution in [0.15, 0.2) is 29.3 Å². The molecule has 142 valence electrons. The summed E-state index contributed by atoms with van der Waals surface area (Å²) in [5.41, 5.74) is -1.97. The molecule has 0 saturated carbocycles. The van der Waals surface area contributed by atoms with Gasteiger partial charge >= 0.3 is 5.92 Å². The third-order valence-corrected chi connectivity index (χ3v) is 5.05. The van der Waals surface area contributed by atoms with Crippen LogP contribution < -0.4 is 4.74 Å². The number of rotatable bonds is 3. The van der Waals surface area contributed by atoms with E-state index in [9.17, 15) is 31.1 Å². The predicted octanol–water partition coefficient (Wildman–Crippen LogP) is 2.98. The summed E-state index contributed by atoms with van der Waals surface area (Å²) in [7, 11) is -4.12. The maximum atomic E-state index is 14.3. The fourth-order valence-corrected chi connectivity index (χ4v) is 3.59. The maximum absolute atomic E-state index is 14.3. The second-order valence-electron chi connectivity index (χ2n) is 5.86. The van der Waals surface area contributed by atoms with Crippen molar-refractivity contribution >= 4 is 9.84 Å². The highest BCUT2D eigenvalue weighted by Crippen LogP contribution is 2.56. The summed E-state index contributed by atoms with van der Waals surface area (Å²) in [5, 5.41) is 18.6. The highest BCUT2D eigenvalue weighted by Gasteiger charge is 2.59. The number of ether oxygens (including phenoxy) is 1. The van der Waals surface area contributed by atoms with Gasteiger partial charge in [-0.15, -0.1) is 0 Å². The lowest BCUT2D eigenvalue weighted by molar-refractivity contribution is -0.143. The van der Waals surface area contributed by atoms with Crippen LogP contribution in [0.3, 0.4) is 0 Å². The van der Waals surface area contributed by atoms with E-state index in [4.69, 9.17) is 10.00 Å². The monoisotopic (exact) mass is 402 g/mol. The van der Waals surface area contributed by atoms with Crippen LogP contribution in [-0.2, 0) is 9.84 Å². The number of fused-ring (bicyclic) bond motifs is 1. The molecule has 0 amide bonds. The van der Waals surface area contributed by atoms with Crippen molar-refractivity contribution in [1.29, 1.82) is 5.26 Å². The summed E-state index contributed by atoms with van der Waals surface area (Å²) in [6, 6.07) is 4.39. The molecule has 1 aromatic heterocycles. The average Bonchev–Trinajstić information content (AvgIpc) is 2.75. The lowest BCUT2D eigenvalue weighted by Crippen LogP contribution is -2.24. The van der Waals surface area contributed by atoms with Crippen LogP contribution in [0.25, 0.3) is 0 Å². The quantitative estimate of drug-likeness (QED) is 0.793. The largest absolute Gasteiger partial charge is 0.438 e. The van der Waals surface area contributed by atoms with E-state index in [0.717, 1.165) is 18.2 Å². The first-order valence-corrected chi connectivity index (χ1v) is 9.17. The van der Waals surface area contributed by atoms with Gasteiger partial charge in [-0.2, -0.15) is 14.0 Å². The molecular formula is C16H10F4N2O4S. The molecule has 1 aromatic carbocycles. The Balaban J connectivity index is 2.21. The van der Waals surface area contributed by atoms with Gasteiger partial charge in [0.25, 0.3) is 0 Å². The molecule has 0 bridgehead atoms. The number of aliphatic hydroxyl groups is 1. The number of alkyl halides is 3. The number of halogens is 4. The maximum Gasteiger partial charge on any atom is 0.312 e. The van der Waals surface area contributed by atoms with E-state index in [1.54, 1.807) is 6.07 Å². The topological polar surface area (TPSA) is 100 Å². The fraction of sp³-hybridized carbons (Fsp3) is 0.250. The summed E-state index contributed by atoms with van der Waals surface area (Å²) in [6.07, 6.45) is -4.51. The van der Waals surface area contributed by atoms with E-state index < -0.39 is 55.8 Å². The van der Waals surface area contributed by atoms with Gasteiger partial charge < -0.3 is 9.84 Å². The number of aromatic nitrogens is 1. The minimum absolute atomic E-state index is 0.156. The third kappa shape index (κ3) is 3.11. The third-order valence-electron chi connectivity index (χ3n) is 3.93. The van der Waals surface area contributed by atoms with Gasteiger partial charge in [0, 0.05) is 24.1 Å². The zero-order valence-corrected chi connectivity index (χ0v) is 14.3. The Morgan fingerprint density at radius 3 is 2.56 bits per heavy atom. The highest BCUT2D eigenvalue weighted by molar-refractivity contribution is 7.90. The van der Waals surface area contributed by atoms with Gasteiger partial charge in [0.05, 0.1) is 22.1 Å². The molecule has 0 aliphatic heterocycles. The van der Waals surface area contributed by atoms with Gasteiger partial charge in [0.2, 0.25) is 5.88 Å². The lowest BCUT2D eigenvalue weighted by Gasteiger charge is -2.16. The number of aliphatic hydroxyl groups excluding tert-OH is 1. The molecular weight excluding hydrogens is 392 g/mol. The van der Waals surface area contributed by atoms with Gasteiger partial charge in [0.15, 0.2) is 16.0 Å². The molecule has 11 heteroatoms. The van der Waals surface area contributed by atoms with E-state index >= 15 is 0 Å². The number of hydrogen-bond acceptors (Lipinski definition) is 6. The Morgan fingerprint density at radius 1 is 1.30 bits per heavy atom. The Hall–Kier alpha value is -2.71. The zero-order chi connectivity index (χ0) is 20.1. The van der Waals surface area contributed by atoms with Crippen LogP contribution in [0.2, 0.25) is 0 Å². The van der Waals surface area contributed by atoms with Gasteiger partial charge in [0.1, 0.15) is 17.7 Å². The Kier molecular flexibility index (Phi) is 4.36. The van der Waals surface area contributed by atoms with Gasteiger partial charge in [-0.25, -0.2) is 22.2 Å². The number of hydrogen-bond donors (Lipinski definition) is 1. The van der Waals surface area contributed by atoms with Gasteiger partial charge in [-0.05, 0) is 12.1 Å². The Labute approximate surface area is 150 Å². The van der Waals surface area contributed by atoms with Crippen molar-refractivity contribution < 1.29 is 35.8 Å². The van der Waals surface area contributed by atoms with E-state index in [-0.39, 0.29) is 11.3 Å². The molecule has 1 heterocycles. The molecule has 0 spiro atoms. The minimum Gasteiger partial charge on any atom is -0.438 e. The second-order valence-corrected chi connectivity index (χ2v) is 7.84. The van der Waals surface area contributed by atoms with Crippen molar-refractivity contribution in [2.75, 3.05) is 6.26 Å². The van der Waals surface area contributed by atoms with Gasteiger partial charge in [-0.3, -0.25) is 0 Å². The SMILES string of the molecule is CS(=O)(=O)c1cnc(Oc2cc(F)cc(C#N)c2)c2c1[C@H](O)C(F)(F)[C@H]2F. The first-order chi connectivity index (χ1) is 12.5. The first-order valence-electron chi connectivity index (χ1n) is 7.28. The van der Waals surface area contributed by atoms with Gasteiger partial charge in [-0.1, -0.05) is 0 Å². The van der Waals surface area contributed by atoms with Crippen LogP contribution in [0.4, 0.5) is 17.6 Å². The molecule has 1 aliphatic carbocycles. The van der Waals surface area contributed by atoms with Crippen LogP contribution in [0.5, 0.6) is 11.6 Å². The molecule has 0 radical (unpaired) electrons. The molecule has 2 aromatic rings. The molecule has 0 fully saturated rings. The van der Waals surface area contributed by atoms with E-state index in [1.807, 2.05) is 0 Å². The van der Waals surface area contributed by atoms with Crippen molar-refractivity contribution in [1.82, 2.24) is 4.98 Å².